The molecule has 1 rings (SSSR count). The first-order chi connectivity index (χ1) is 8.75. The summed E-state index contributed by atoms with van der Waals surface area (Å²) in [4.78, 5) is 11.8. The second-order valence-corrected chi connectivity index (χ2v) is 6.61. The Hall–Kier alpha value is -0.450. The summed E-state index contributed by atoms with van der Waals surface area (Å²) in [7, 11) is 0. The van der Waals surface area contributed by atoms with Crippen molar-refractivity contribution in [3.8, 4) is 0 Å². The van der Waals surface area contributed by atoms with Crippen LogP contribution in [0, 0.1) is 0 Å². The molecule has 0 spiro atoms. The van der Waals surface area contributed by atoms with Gasteiger partial charge in [-0.15, -0.1) is 0 Å². The maximum absolute atomic E-state index is 11.8. The van der Waals surface area contributed by atoms with Crippen molar-refractivity contribution < 1.29 is 4.79 Å². The second-order valence-electron chi connectivity index (χ2n) is 4.88. The van der Waals surface area contributed by atoms with Gasteiger partial charge >= 0.3 is 0 Å². The van der Waals surface area contributed by atoms with E-state index in [0.717, 1.165) is 10.9 Å². The maximum atomic E-state index is 11.8. The fraction of sp³-hybridized carbons (Fsp3) is 0.462. The summed E-state index contributed by atoms with van der Waals surface area (Å²) in [6.07, 6.45) is 0.860. The number of anilines is 1. The summed E-state index contributed by atoms with van der Waals surface area (Å²) in [5, 5.41) is 6.84. The third-order valence-electron chi connectivity index (χ3n) is 2.79. The van der Waals surface area contributed by atoms with Crippen LogP contribution in [0.25, 0.3) is 0 Å². The lowest BCUT2D eigenvalue weighted by Gasteiger charge is -2.24. The fourth-order valence-corrected chi connectivity index (χ4v) is 2.73. The van der Waals surface area contributed by atoms with Crippen LogP contribution in [0.1, 0.15) is 27.2 Å². The first-order valence-electron chi connectivity index (χ1n) is 5.94. The van der Waals surface area contributed by atoms with Crippen molar-refractivity contribution in [2.45, 2.75) is 32.7 Å². The quantitative estimate of drug-likeness (QED) is 0.805. The normalized spacial score (nSPS) is 11.3. The predicted octanol–water partition coefficient (Wildman–Crippen LogP) is 4.47. The minimum atomic E-state index is -0.216. The molecule has 0 heterocycles. The standard InChI is InChI=1S/C13H17BrCl2N2O/c1-4-13(2,3)18-11(19)7-17-12-9(15)5-8(14)6-10(12)16/h5-6,17H,4,7H2,1-3H3,(H,18,19). The molecule has 19 heavy (non-hydrogen) atoms. The molecule has 106 valence electrons. The highest BCUT2D eigenvalue weighted by Gasteiger charge is 2.18. The van der Waals surface area contributed by atoms with Crippen molar-refractivity contribution in [2.24, 2.45) is 0 Å². The van der Waals surface area contributed by atoms with Crippen LogP contribution in [0.4, 0.5) is 5.69 Å². The highest BCUT2D eigenvalue weighted by Crippen LogP contribution is 2.33. The van der Waals surface area contributed by atoms with E-state index in [2.05, 4.69) is 26.6 Å². The van der Waals surface area contributed by atoms with E-state index in [-0.39, 0.29) is 18.0 Å². The van der Waals surface area contributed by atoms with E-state index < -0.39 is 0 Å². The fourth-order valence-electron chi connectivity index (χ4n) is 1.39. The summed E-state index contributed by atoms with van der Waals surface area (Å²) in [5.74, 6) is -0.0955. The molecule has 0 aliphatic heterocycles. The molecule has 0 aliphatic rings. The molecule has 1 aromatic rings. The summed E-state index contributed by atoms with van der Waals surface area (Å²) in [6.45, 7) is 6.11. The van der Waals surface area contributed by atoms with E-state index in [1.165, 1.54) is 0 Å². The second kappa shape index (κ2) is 6.82. The highest BCUT2D eigenvalue weighted by atomic mass is 79.9. The van der Waals surface area contributed by atoms with Crippen molar-refractivity contribution in [1.29, 1.82) is 0 Å². The monoisotopic (exact) mass is 366 g/mol. The van der Waals surface area contributed by atoms with Crippen LogP contribution in [0.2, 0.25) is 10.0 Å². The van der Waals surface area contributed by atoms with E-state index in [1.54, 1.807) is 12.1 Å². The Bertz CT molecular complexity index is 455. The van der Waals surface area contributed by atoms with Crippen LogP contribution in [0.3, 0.4) is 0 Å². The number of carbonyl (C=O) groups excluding carboxylic acids is 1. The molecule has 1 amide bonds. The minimum absolute atomic E-state index is 0.0955. The molecule has 0 bridgehead atoms. The maximum Gasteiger partial charge on any atom is 0.239 e. The van der Waals surface area contributed by atoms with Gasteiger partial charge in [-0.3, -0.25) is 4.79 Å². The molecule has 0 saturated carbocycles. The zero-order valence-electron chi connectivity index (χ0n) is 11.1. The third-order valence-corrected chi connectivity index (χ3v) is 3.85. The third kappa shape index (κ3) is 5.21. The Balaban J connectivity index is 2.65. The average molecular weight is 368 g/mol. The van der Waals surface area contributed by atoms with Crippen LogP contribution < -0.4 is 10.6 Å². The molecule has 0 fully saturated rings. The predicted molar refractivity (Wildman–Crippen MR) is 85.2 cm³/mol. The Labute approximate surface area is 132 Å². The first-order valence-corrected chi connectivity index (χ1v) is 7.49. The van der Waals surface area contributed by atoms with Crippen LogP contribution in [0.5, 0.6) is 0 Å². The molecule has 0 unspecified atom stereocenters. The van der Waals surface area contributed by atoms with Crippen LogP contribution in [-0.2, 0) is 4.79 Å². The van der Waals surface area contributed by atoms with Gasteiger partial charge < -0.3 is 10.6 Å². The number of amides is 1. The number of hydrogen-bond donors (Lipinski definition) is 2. The molecule has 0 saturated heterocycles. The zero-order chi connectivity index (χ0) is 14.6. The average Bonchev–Trinajstić information content (AvgIpc) is 2.26. The Morgan fingerprint density at radius 2 is 1.84 bits per heavy atom. The van der Waals surface area contributed by atoms with Gasteiger partial charge in [0.2, 0.25) is 5.91 Å². The highest BCUT2D eigenvalue weighted by molar-refractivity contribution is 9.10. The van der Waals surface area contributed by atoms with Gasteiger partial charge in [0.25, 0.3) is 0 Å². The summed E-state index contributed by atoms with van der Waals surface area (Å²) < 4.78 is 0.796. The molecule has 0 aromatic heterocycles. The van der Waals surface area contributed by atoms with E-state index in [0.29, 0.717) is 15.7 Å². The summed E-state index contributed by atoms with van der Waals surface area (Å²) >= 11 is 15.4. The Morgan fingerprint density at radius 1 is 1.32 bits per heavy atom. The smallest absolute Gasteiger partial charge is 0.239 e. The molecular formula is C13H17BrCl2N2O. The summed E-state index contributed by atoms with van der Waals surface area (Å²) in [5.41, 5.74) is 0.350. The van der Waals surface area contributed by atoms with Gasteiger partial charge in [-0.1, -0.05) is 46.1 Å². The Kier molecular flexibility index (Phi) is 5.96. The number of hydrogen-bond acceptors (Lipinski definition) is 2. The van der Waals surface area contributed by atoms with Gasteiger partial charge in [-0.25, -0.2) is 0 Å². The summed E-state index contributed by atoms with van der Waals surface area (Å²) in [6, 6.07) is 3.45. The molecule has 0 aliphatic carbocycles. The number of rotatable bonds is 5. The molecule has 6 heteroatoms. The van der Waals surface area contributed by atoms with Gasteiger partial charge in [0.1, 0.15) is 0 Å². The number of carbonyl (C=O) groups is 1. The molecular weight excluding hydrogens is 351 g/mol. The van der Waals surface area contributed by atoms with Gasteiger partial charge in [-0.05, 0) is 32.4 Å². The van der Waals surface area contributed by atoms with E-state index in [9.17, 15) is 4.79 Å². The van der Waals surface area contributed by atoms with Gasteiger partial charge in [0, 0.05) is 10.0 Å². The van der Waals surface area contributed by atoms with Gasteiger partial charge in [-0.2, -0.15) is 0 Å². The van der Waals surface area contributed by atoms with Crippen molar-refractivity contribution in [2.75, 3.05) is 11.9 Å². The lowest BCUT2D eigenvalue weighted by molar-refractivity contribution is -0.121. The van der Waals surface area contributed by atoms with Crippen molar-refractivity contribution in [3.63, 3.8) is 0 Å². The topological polar surface area (TPSA) is 41.1 Å². The molecule has 0 atom stereocenters. The van der Waals surface area contributed by atoms with E-state index in [4.69, 9.17) is 23.2 Å². The van der Waals surface area contributed by atoms with Crippen LogP contribution >= 0.6 is 39.1 Å². The molecule has 3 nitrogen and oxygen atoms in total. The molecule has 2 N–H and O–H groups in total. The SMILES string of the molecule is CCC(C)(C)NC(=O)CNc1c(Cl)cc(Br)cc1Cl. The largest absolute Gasteiger partial charge is 0.374 e. The van der Waals surface area contributed by atoms with Gasteiger partial charge in [0.05, 0.1) is 22.3 Å². The first kappa shape index (κ1) is 16.6. The molecule has 0 radical (unpaired) electrons. The number of benzene rings is 1. The van der Waals surface area contributed by atoms with E-state index >= 15 is 0 Å². The van der Waals surface area contributed by atoms with Crippen molar-refractivity contribution in [1.82, 2.24) is 5.32 Å². The zero-order valence-corrected chi connectivity index (χ0v) is 14.2. The van der Waals surface area contributed by atoms with Gasteiger partial charge in [0.15, 0.2) is 0 Å². The number of nitrogens with one attached hydrogen (secondary N) is 2. The lowest BCUT2D eigenvalue weighted by Crippen LogP contribution is -2.45. The number of halogens is 3. The lowest BCUT2D eigenvalue weighted by atomic mass is 10.0. The van der Waals surface area contributed by atoms with Crippen molar-refractivity contribution >= 4 is 50.7 Å². The van der Waals surface area contributed by atoms with Crippen LogP contribution in [-0.4, -0.2) is 18.0 Å². The minimum Gasteiger partial charge on any atom is -0.374 e. The van der Waals surface area contributed by atoms with Crippen molar-refractivity contribution in [3.05, 3.63) is 26.7 Å². The van der Waals surface area contributed by atoms with E-state index in [1.807, 2.05) is 20.8 Å². The molecule has 1 aromatic carbocycles. The van der Waals surface area contributed by atoms with Crippen LogP contribution in [0.15, 0.2) is 16.6 Å². The Morgan fingerprint density at radius 3 is 2.32 bits per heavy atom.